The van der Waals surface area contributed by atoms with E-state index in [1.165, 1.54) is 0 Å². The lowest BCUT2D eigenvalue weighted by Gasteiger charge is -2.17. The number of carbonyl (C=O) groups excluding carboxylic acids is 3. The molecule has 0 N–H and O–H groups in total. The van der Waals surface area contributed by atoms with Crippen molar-refractivity contribution < 1.29 is 28.6 Å². The highest BCUT2D eigenvalue weighted by molar-refractivity contribution is 5.99. The number of Topliss-reactive ketones (excluding diaryl/α,β-unsaturated/α-hetero) is 1. The Morgan fingerprint density at radius 3 is 2.56 bits per heavy atom. The Morgan fingerprint density at radius 1 is 1.15 bits per heavy atom. The van der Waals surface area contributed by atoms with Crippen LogP contribution < -0.4 is 9.47 Å². The van der Waals surface area contributed by atoms with Crippen LogP contribution in [0.15, 0.2) is 36.9 Å². The van der Waals surface area contributed by atoms with Crippen molar-refractivity contribution in [2.45, 2.75) is 33.2 Å². The molecule has 8 nitrogen and oxygen atoms in total. The minimum atomic E-state index is -0.570. The van der Waals surface area contributed by atoms with E-state index in [9.17, 15) is 14.4 Å². The van der Waals surface area contributed by atoms with Crippen LogP contribution in [0, 0.1) is 19.8 Å². The summed E-state index contributed by atoms with van der Waals surface area (Å²) in [6.45, 7) is 8.54. The molecule has 1 aromatic carbocycles. The molecule has 0 bridgehead atoms. The van der Waals surface area contributed by atoms with Crippen LogP contribution in [0.2, 0.25) is 0 Å². The number of nitrogens with zero attached hydrogens (tertiary/aromatic N) is 2. The van der Waals surface area contributed by atoms with Gasteiger partial charge in [-0.15, -0.1) is 6.58 Å². The first-order valence-electron chi connectivity index (χ1n) is 11.2. The maximum Gasteiger partial charge on any atom is 0.311 e. The predicted molar refractivity (Wildman–Crippen MR) is 127 cm³/mol. The molecule has 2 aromatic rings. The van der Waals surface area contributed by atoms with E-state index in [1.807, 2.05) is 36.6 Å². The van der Waals surface area contributed by atoms with Crippen LogP contribution in [-0.4, -0.2) is 61.0 Å². The number of hydrogen-bond donors (Lipinski definition) is 0. The highest BCUT2D eigenvalue weighted by atomic mass is 16.5. The molecule has 1 aliphatic heterocycles. The Bertz CT molecular complexity index is 1090. The first kappa shape index (κ1) is 25.1. The Hall–Kier alpha value is -3.55. The third kappa shape index (κ3) is 5.50. The quantitative estimate of drug-likeness (QED) is 0.286. The third-order valence-electron chi connectivity index (χ3n) is 6.20. The zero-order valence-corrected chi connectivity index (χ0v) is 20.3. The van der Waals surface area contributed by atoms with Crippen LogP contribution in [-0.2, 0) is 27.3 Å². The van der Waals surface area contributed by atoms with Crippen molar-refractivity contribution in [3.63, 3.8) is 0 Å². The fourth-order valence-electron chi connectivity index (χ4n) is 4.27. The van der Waals surface area contributed by atoms with Crippen LogP contribution in [0.4, 0.5) is 0 Å². The van der Waals surface area contributed by atoms with Gasteiger partial charge >= 0.3 is 5.97 Å². The van der Waals surface area contributed by atoms with Crippen molar-refractivity contribution in [3.05, 3.63) is 59.4 Å². The van der Waals surface area contributed by atoms with Crippen molar-refractivity contribution in [2.24, 2.45) is 5.92 Å². The number of ketones is 1. The van der Waals surface area contributed by atoms with Gasteiger partial charge in [0.2, 0.25) is 11.7 Å². The minimum absolute atomic E-state index is 0.0901. The summed E-state index contributed by atoms with van der Waals surface area (Å²) in [5.41, 5.74) is 3.29. The van der Waals surface area contributed by atoms with Crippen LogP contribution in [0.5, 0.6) is 11.5 Å². The van der Waals surface area contributed by atoms with Gasteiger partial charge in [-0.05, 0) is 44.0 Å². The molecule has 3 rings (SSSR count). The molecule has 0 aliphatic carbocycles. The number of allylic oxidation sites excluding steroid dienone is 1. The van der Waals surface area contributed by atoms with Crippen molar-refractivity contribution >= 4 is 17.7 Å². The first-order chi connectivity index (χ1) is 16.3. The topological polar surface area (TPSA) is 87.1 Å². The van der Waals surface area contributed by atoms with Gasteiger partial charge in [-0.2, -0.15) is 0 Å². The molecule has 0 saturated carbocycles. The summed E-state index contributed by atoms with van der Waals surface area (Å²) < 4.78 is 17.8. The summed E-state index contributed by atoms with van der Waals surface area (Å²) in [5, 5.41) is 0. The summed E-state index contributed by atoms with van der Waals surface area (Å²) in [7, 11) is 3.15. The second kappa shape index (κ2) is 11.0. The highest BCUT2D eigenvalue weighted by Crippen LogP contribution is 2.28. The van der Waals surface area contributed by atoms with E-state index in [4.69, 9.17) is 14.2 Å². The number of aryl methyl sites for hydroxylation is 1. The molecule has 182 valence electrons. The Labute approximate surface area is 200 Å². The summed E-state index contributed by atoms with van der Waals surface area (Å²) in [4.78, 5) is 39.3. The van der Waals surface area contributed by atoms with E-state index in [1.54, 1.807) is 31.3 Å². The number of carbonyl (C=O) groups is 3. The summed E-state index contributed by atoms with van der Waals surface area (Å²) >= 11 is 0. The number of amides is 1. The SMILES string of the molecule is C=CCn1c(C)cc(C(=O)COC(=O)[C@H]2CC(=O)N(CCc3ccc(OC)c(OC)c3)C2)c1C. The molecule has 1 atom stereocenters. The van der Waals surface area contributed by atoms with Crippen LogP contribution >= 0.6 is 0 Å². The number of likely N-dealkylation sites (tertiary alicyclic amines) is 1. The van der Waals surface area contributed by atoms with Crippen molar-refractivity contribution in [1.29, 1.82) is 0 Å². The van der Waals surface area contributed by atoms with Gasteiger partial charge in [0, 0.05) is 43.0 Å². The van der Waals surface area contributed by atoms with Gasteiger partial charge in [-0.1, -0.05) is 12.1 Å². The Kier molecular flexibility index (Phi) is 8.15. The molecule has 0 radical (unpaired) electrons. The van der Waals surface area contributed by atoms with Gasteiger partial charge in [0.25, 0.3) is 0 Å². The molecular formula is C26H32N2O6. The first-order valence-corrected chi connectivity index (χ1v) is 11.2. The van der Waals surface area contributed by atoms with Crippen molar-refractivity contribution in [3.8, 4) is 11.5 Å². The number of rotatable bonds is 11. The number of aromatic nitrogens is 1. The molecule has 1 fully saturated rings. The highest BCUT2D eigenvalue weighted by Gasteiger charge is 2.35. The number of methoxy groups -OCH3 is 2. The molecule has 34 heavy (non-hydrogen) atoms. The van der Waals surface area contributed by atoms with E-state index in [0.717, 1.165) is 17.0 Å². The fraction of sp³-hybridized carbons (Fsp3) is 0.423. The number of esters is 1. The normalized spacial score (nSPS) is 15.4. The molecular weight excluding hydrogens is 436 g/mol. The lowest BCUT2D eigenvalue weighted by molar-refractivity contribution is -0.147. The summed E-state index contributed by atoms with van der Waals surface area (Å²) in [5.74, 6) is -0.171. The summed E-state index contributed by atoms with van der Waals surface area (Å²) in [6, 6.07) is 7.42. The van der Waals surface area contributed by atoms with Gasteiger partial charge in [0.15, 0.2) is 18.1 Å². The zero-order valence-electron chi connectivity index (χ0n) is 20.3. The standard InChI is InChI=1S/C26H32N2O6/c1-6-10-28-17(2)12-21(18(28)3)22(29)16-34-26(31)20-14-25(30)27(15-20)11-9-19-7-8-23(32-4)24(13-19)33-5/h6-8,12-13,20H,1,9-11,14-16H2,2-5H3/t20-/m0/s1. The average molecular weight is 469 g/mol. The average Bonchev–Trinajstić information content (AvgIpc) is 3.35. The van der Waals surface area contributed by atoms with Gasteiger partial charge < -0.3 is 23.7 Å². The van der Waals surface area contributed by atoms with E-state index >= 15 is 0 Å². The van der Waals surface area contributed by atoms with Crippen LogP contribution in [0.25, 0.3) is 0 Å². The monoisotopic (exact) mass is 468 g/mol. The smallest absolute Gasteiger partial charge is 0.311 e. The number of ether oxygens (including phenoxy) is 3. The molecule has 1 aromatic heterocycles. The third-order valence-corrected chi connectivity index (χ3v) is 6.20. The van der Waals surface area contributed by atoms with Gasteiger partial charge in [-0.25, -0.2) is 0 Å². The lowest BCUT2D eigenvalue weighted by Crippen LogP contribution is -2.29. The molecule has 2 heterocycles. The maximum absolute atomic E-state index is 12.6. The van der Waals surface area contributed by atoms with Crippen LogP contribution in [0.3, 0.4) is 0 Å². The summed E-state index contributed by atoms with van der Waals surface area (Å²) in [6.07, 6.45) is 2.47. The van der Waals surface area contributed by atoms with Gasteiger partial charge in [-0.3, -0.25) is 14.4 Å². The maximum atomic E-state index is 12.6. The number of hydrogen-bond acceptors (Lipinski definition) is 6. The van der Waals surface area contributed by atoms with E-state index in [2.05, 4.69) is 6.58 Å². The molecule has 8 heteroatoms. The molecule has 1 saturated heterocycles. The van der Waals surface area contributed by atoms with E-state index < -0.39 is 11.9 Å². The number of benzene rings is 1. The molecule has 0 spiro atoms. The minimum Gasteiger partial charge on any atom is -0.493 e. The molecule has 1 aliphatic rings. The molecule has 0 unspecified atom stereocenters. The Morgan fingerprint density at radius 2 is 1.88 bits per heavy atom. The zero-order chi connectivity index (χ0) is 24.8. The van der Waals surface area contributed by atoms with Gasteiger partial charge in [0.05, 0.1) is 20.1 Å². The van der Waals surface area contributed by atoms with Crippen LogP contribution in [0.1, 0.15) is 33.7 Å². The lowest BCUT2D eigenvalue weighted by atomic mass is 10.1. The van der Waals surface area contributed by atoms with E-state index in [-0.39, 0.29) is 31.3 Å². The fourth-order valence-corrected chi connectivity index (χ4v) is 4.27. The Balaban J connectivity index is 1.52. The predicted octanol–water partition coefficient (Wildman–Crippen LogP) is 3.13. The largest absolute Gasteiger partial charge is 0.493 e. The van der Waals surface area contributed by atoms with E-state index in [0.29, 0.717) is 36.6 Å². The second-order valence-electron chi connectivity index (χ2n) is 8.40. The van der Waals surface area contributed by atoms with Crippen molar-refractivity contribution in [1.82, 2.24) is 9.47 Å². The molecule has 1 amide bonds. The van der Waals surface area contributed by atoms with Crippen molar-refractivity contribution in [2.75, 3.05) is 33.9 Å². The van der Waals surface area contributed by atoms with Gasteiger partial charge in [0.1, 0.15) is 0 Å². The second-order valence-corrected chi connectivity index (χ2v) is 8.40.